The van der Waals surface area contributed by atoms with Gasteiger partial charge in [-0.15, -0.1) is 0 Å². The molecule has 1 aliphatic carbocycles. The molecule has 0 radical (unpaired) electrons. The fourth-order valence-corrected chi connectivity index (χ4v) is 5.47. The summed E-state index contributed by atoms with van der Waals surface area (Å²) in [4.78, 5) is 15.0. The van der Waals surface area contributed by atoms with Crippen LogP contribution in [0, 0.1) is 13.8 Å². The highest BCUT2D eigenvalue weighted by Crippen LogP contribution is 2.32. The number of carbonyl (C=O) groups excluding carboxylic acids is 1. The Morgan fingerprint density at radius 1 is 1.04 bits per heavy atom. The Morgan fingerprint density at radius 2 is 1.79 bits per heavy atom. The second-order valence-corrected chi connectivity index (χ2v) is 9.61. The fraction of sp³-hybridized carbons (Fsp3) is 0.409. The number of aryl methyl sites for hydroxylation is 2. The molecule has 1 saturated carbocycles. The lowest BCUT2D eigenvalue weighted by molar-refractivity contribution is 0.0989. The Kier molecular flexibility index (Phi) is 5.02. The van der Waals surface area contributed by atoms with E-state index in [2.05, 4.69) is 4.72 Å². The Bertz CT molecular complexity index is 1020. The molecule has 1 amide bonds. The molecule has 1 fully saturated rings. The number of nitrogens with zero attached hydrogens (tertiary/aromatic N) is 1. The first-order chi connectivity index (χ1) is 13.3. The molecule has 148 valence electrons. The van der Waals surface area contributed by atoms with Gasteiger partial charge in [0.15, 0.2) is 0 Å². The lowest BCUT2D eigenvalue weighted by Crippen LogP contribution is -2.32. The van der Waals surface area contributed by atoms with Crippen molar-refractivity contribution in [1.82, 2.24) is 4.72 Å². The number of hydrogen-bond acceptors (Lipinski definition) is 3. The molecule has 0 aromatic heterocycles. The van der Waals surface area contributed by atoms with Crippen LogP contribution in [-0.2, 0) is 16.4 Å². The van der Waals surface area contributed by atoms with E-state index in [4.69, 9.17) is 0 Å². The van der Waals surface area contributed by atoms with Gasteiger partial charge in [0.1, 0.15) is 0 Å². The zero-order chi connectivity index (χ0) is 19.9. The summed E-state index contributed by atoms with van der Waals surface area (Å²) in [5, 5.41) is 0. The number of carbonyl (C=O) groups is 1. The Labute approximate surface area is 166 Å². The Morgan fingerprint density at radius 3 is 2.50 bits per heavy atom. The van der Waals surface area contributed by atoms with E-state index in [1.54, 1.807) is 23.1 Å². The molecule has 0 spiro atoms. The Balaban J connectivity index is 1.57. The van der Waals surface area contributed by atoms with Gasteiger partial charge in [-0.1, -0.05) is 18.9 Å². The average Bonchev–Trinajstić information content (AvgIpc) is 3.32. The molecule has 0 saturated heterocycles. The monoisotopic (exact) mass is 398 g/mol. The van der Waals surface area contributed by atoms with Gasteiger partial charge in [0.25, 0.3) is 5.91 Å². The molecule has 1 heterocycles. The van der Waals surface area contributed by atoms with Crippen molar-refractivity contribution in [3.8, 4) is 0 Å². The third-order valence-electron chi connectivity index (χ3n) is 5.93. The highest BCUT2D eigenvalue weighted by Gasteiger charge is 2.29. The van der Waals surface area contributed by atoms with E-state index in [-0.39, 0.29) is 11.9 Å². The van der Waals surface area contributed by atoms with Crippen LogP contribution in [-0.4, -0.2) is 26.9 Å². The topological polar surface area (TPSA) is 66.5 Å². The molecule has 2 aliphatic rings. The zero-order valence-corrected chi connectivity index (χ0v) is 17.2. The number of amides is 1. The molecule has 28 heavy (non-hydrogen) atoms. The van der Waals surface area contributed by atoms with E-state index in [0.717, 1.165) is 48.1 Å². The van der Waals surface area contributed by atoms with E-state index in [0.29, 0.717) is 23.4 Å². The van der Waals surface area contributed by atoms with Gasteiger partial charge in [0.05, 0.1) is 4.90 Å². The van der Waals surface area contributed by atoms with Crippen LogP contribution in [0.3, 0.4) is 0 Å². The molecule has 4 rings (SSSR count). The summed E-state index contributed by atoms with van der Waals surface area (Å²) < 4.78 is 28.2. The summed E-state index contributed by atoms with van der Waals surface area (Å²) >= 11 is 0. The number of anilines is 1. The molecular weight excluding hydrogens is 372 g/mol. The standard InChI is InChI=1S/C22H26N2O3S/c1-15-7-8-18(13-16(15)2)22(25)24-12-11-17-14-20(9-10-21(17)24)28(26,27)23-19-5-3-4-6-19/h7-10,13-14,19,23H,3-6,11-12H2,1-2H3. The van der Waals surface area contributed by atoms with Gasteiger partial charge in [0, 0.05) is 23.8 Å². The van der Waals surface area contributed by atoms with Crippen LogP contribution in [0.1, 0.15) is 52.7 Å². The van der Waals surface area contributed by atoms with Gasteiger partial charge in [-0.05, 0) is 80.1 Å². The summed E-state index contributed by atoms with van der Waals surface area (Å²) in [5.41, 5.74) is 4.62. The van der Waals surface area contributed by atoms with Gasteiger partial charge >= 0.3 is 0 Å². The maximum atomic E-state index is 13.0. The Hall–Kier alpha value is -2.18. The molecule has 0 atom stereocenters. The van der Waals surface area contributed by atoms with Gasteiger partial charge in [-0.25, -0.2) is 13.1 Å². The third kappa shape index (κ3) is 3.59. The van der Waals surface area contributed by atoms with Crippen LogP contribution in [0.4, 0.5) is 5.69 Å². The number of benzene rings is 2. The van der Waals surface area contributed by atoms with E-state index in [1.807, 2.05) is 32.0 Å². The van der Waals surface area contributed by atoms with Crippen molar-refractivity contribution in [2.24, 2.45) is 0 Å². The summed E-state index contributed by atoms with van der Waals surface area (Å²) in [7, 11) is -3.52. The second kappa shape index (κ2) is 7.33. The quantitative estimate of drug-likeness (QED) is 0.853. The van der Waals surface area contributed by atoms with E-state index in [9.17, 15) is 13.2 Å². The first kappa shape index (κ1) is 19.2. The molecule has 0 unspecified atom stereocenters. The van der Waals surface area contributed by atoms with Gasteiger partial charge < -0.3 is 4.90 Å². The highest BCUT2D eigenvalue weighted by atomic mass is 32.2. The highest BCUT2D eigenvalue weighted by molar-refractivity contribution is 7.89. The van der Waals surface area contributed by atoms with Crippen LogP contribution < -0.4 is 9.62 Å². The lowest BCUT2D eigenvalue weighted by atomic mass is 10.1. The van der Waals surface area contributed by atoms with Crippen molar-refractivity contribution in [2.45, 2.75) is 56.9 Å². The average molecular weight is 399 g/mol. The van der Waals surface area contributed by atoms with Crippen molar-refractivity contribution in [3.05, 3.63) is 58.7 Å². The SMILES string of the molecule is Cc1ccc(C(=O)N2CCc3cc(S(=O)(=O)NC4CCCC4)ccc32)cc1C. The van der Waals surface area contributed by atoms with Crippen molar-refractivity contribution in [2.75, 3.05) is 11.4 Å². The minimum atomic E-state index is -3.52. The molecule has 6 heteroatoms. The normalized spacial score (nSPS) is 17.1. The van der Waals surface area contributed by atoms with Crippen LogP contribution in [0.15, 0.2) is 41.3 Å². The molecule has 2 aromatic carbocycles. The number of sulfonamides is 1. The van der Waals surface area contributed by atoms with Crippen molar-refractivity contribution in [1.29, 1.82) is 0 Å². The first-order valence-electron chi connectivity index (χ1n) is 9.89. The number of nitrogens with one attached hydrogen (secondary N) is 1. The maximum absolute atomic E-state index is 13.0. The first-order valence-corrected chi connectivity index (χ1v) is 11.4. The van der Waals surface area contributed by atoms with Crippen LogP contribution in [0.5, 0.6) is 0 Å². The maximum Gasteiger partial charge on any atom is 0.258 e. The van der Waals surface area contributed by atoms with Crippen LogP contribution in [0.25, 0.3) is 0 Å². The number of rotatable bonds is 4. The van der Waals surface area contributed by atoms with Crippen molar-refractivity contribution < 1.29 is 13.2 Å². The lowest BCUT2D eigenvalue weighted by Gasteiger charge is -2.19. The molecule has 0 bridgehead atoms. The van der Waals surface area contributed by atoms with Gasteiger partial charge in [-0.2, -0.15) is 0 Å². The summed E-state index contributed by atoms with van der Waals surface area (Å²) in [6.45, 7) is 4.59. The minimum Gasteiger partial charge on any atom is -0.308 e. The van der Waals surface area contributed by atoms with Gasteiger partial charge in [0.2, 0.25) is 10.0 Å². The number of hydrogen-bond donors (Lipinski definition) is 1. The third-order valence-corrected chi connectivity index (χ3v) is 7.45. The van der Waals surface area contributed by atoms with E-state index >= 15 is 0 Å². The van der Waals surface area contributed by atoms with E-state index in [1.165, 1.54) is 0 Å². The van der Waals surface area contributed by atoms with Crippen LogP contribution >= 0.6 is 0 Å². The van der Waals surface area contributed by atoms with Crippen molar-refractivity contribution in [3.63, 3.8) is 0 Å². The fourth-order valence-electron chi connectivity index (χ4n) is 4.12. The molecule has 5 nitrogen and oxygen atoms in total. The summed E-state index contributed by atoms with van der Waals surface area (Å²) in [5.74, 6) is -0.0402. The summed E-state index contributed by atoms with van der Waals surface area (Å²) in [6.07, 6.45) is 4.63. The second-order valence-electron chi connectivity index (χ2n) is 7.90. The minimum absolute atomic E-state index is 0.0402. The molecule has 2 aromatic rings. The van der Waals surface area contributed by atoms with Crippen LogP contribution in [0.2, 0.25) is 0 Å². The van der Waals surface area contributed by atoms with Gasteiger partial charge in [-0.3, -0.25) is 4.79 Å². The molecular formula is C22H26N2O3S. The predicted octanol–water partition coefficient (Wildman–Crippen LogP) is 3.73. The summed E-state index contributed by atoms with van der Waals surface area (Å²) in [6, 6.07) is 10.9. The molecule has 1 N–H and O–H groups in total. The smallest absolute Gasteiger partial charge is 0.258 e. The molecule has 1 aliphatic heterocycles. The zero-order valence-electron chi connectivity index (χ0n) is 16.4. The number of fused-ring (bicyclic) bond motifs is 1. The largest absolute Gasteiger partial charge is 0.308 e. The van der Waals surface area contributed by atoms with Crippen molar-refractivity contribution >= 4 is 21.6 Å². The predicted molar refractivity (Wildman–Crippen MR) is 110 cm³/mol. The van der Waals surface area contributed by atoms with E-state index < -0.39 is 10.0 Å².